The van der Waals surface area contributed by atoms with Gasteiger partial charge in [-0.1, -0.05) is 30.3 Å². The van der Waals surface area contributed by atoms with Crippen molar-refractivity contribution in [2.75, 3.05) is 6.61 Å². The standard InChI is InChI=1S/C13H14N2O2S/c1-2-17-9-15-11(8-12(16)14-13(15)18)10-6-4-3-5-7-10/h3-8H,2,9H2,1H3,(H,14,16,18). The number of aromatic nitrogens is 2. The highest BCUT2D eigenvalue weighted by Gasteiger charge is 2.06. The Hall–Kier alpha value is -1.72. The predicted octanol–water partition coefficient (Wildman–Crippen LogP) is 2.57. The largest absolute Gasteiger partial charge is 0.361 e. The summed E-state index contributed by atoms with van der Waals surface area (Å²) in [6.45, 7) is 2.84. The Bertz CT molecular complexity index is 631. The van der Waals surface area contributed by atoms with Crippen molar-refractivity contribution in [2.24, 2.45) is 0 Å². The topological polar surface area (TPSA) is 47.0 Å². The van der Waals surface area contributed by atoms with Crippen molar-refractivity contribution in [3.8, 4) is 11.3 Å². The van der Waals surface area contributed by atoms with E-state index in [1.807, 2.05) is 37.3 Å². The molecule has 0 atom stereocenters. The van der Waals surface area contributed by atoms with Crippen molar-refractivity contribution in [3.05, 3.63) is 51.5 Å². The zero-order chi connectivity index (χ0) is 13.0. The molecule has 0 saturated carbocycles. The van der Waals surface area contributed by atoms with Gasteiger partial charge in [-0.2, -0.15) is 0 Å². The minimum atomic E-state index is -0.202. The zero-order valence-electron chi connectivity index (χ0n) is 10.1. The number of hydrogen-bond acceptors (Lipinski definition) is 3. The van der Waals surface area contributed by atoms with Gasteiger partial charge in [0.25, 0.3) is 5.56 Å². The third-order valence-electron chi connectivity index (χ3n) is 2.53. The van der Waals surface area contributed by atoms with Gasteiger partial charge in [0.15, 0.2) is 4.77 Å². The summed E-state index contributed by atoms with van der Waals surface area (Å²) in [4.78, 5) is 14.1. The molecule has 1 aromatic heterocycles. The van der Waals surface area contributed by atoms with Crippen molar-refractivity contribution in [2.45, 2.75) is 13.7 Å². The first-order chi connectivity index (χ1) is 8.72. The molecule has 0 aliphatic rings. The molecule has 0 aliphatic heterocycles. The van der Waals surface area contributed by atoms with Crippen LogP contribution in [-0.4, -0.2) is 16.2 Å². The van der Waals surface area contributed by atoms with Crippen LogP contribution in [-0.2, 0) is 11.5 Å². The van der Waals surface area contributed by atoms with E-state index in [0.717, 1.165) is 11.3 Å². The Morgan fingerprint density at radius 3 is 2.72 bits per heavy atom. The normalized spacial score (nSPS) is 10.5. The number of aromatic amines is 1. The molecule has 0 unspecified atom stereocenters. The minimum absolute atomic E-state index is 0.202. The van der Waals surface area contributed by atoms with Gasteiger partial charge in [-0.15, -0.1) is 0 Å². The maximum Gasteiger partial charge on any atom is 0.252 e. The lowest BCUT2D eigenvalue weighted by atomic mass is 10.1. The summed E-state index contributed by atoms with van der Waals surface area (Å²) >= 11 is 5.17. The quantitative estimate of drug-likeness (QED) is 0.861. The molecule has 1 aromatic carbocycles. The maximum atomic E-state index is 11.5. The Balaban J connectivity index is 2.58. The van der Waals surface area contributed by atoms with Gasteiger partial charge in [0.2, 0.25) is 0 Å². The Kier molecular flexibility index (Phi) is 4.07. The van der Waals surface area contributed by atoms with E-state index in [1.54, 1.807) is 4.57 Å². The number of H-pyrrole nitrogens is 1. The zero-order valence-corrected chi connectivity index (χ0v) is 10.9. The van der Waals surface area contributed by atoms with Crippen LogP contribution >= 0.6 is 12.2 Å². The van der Waals surface area contributed by atoms with Crippen LogP contribution in [0.2, 0.25) is 0 Å². The number of benzene rings is 1. The van der Waals surface area contributed by atoms with E-state index in [4.69, 9.17) is 17.0 Å². The molecule has 1 N–H and O–H groups in total. The van der Waals surface area contributed by atoms with Gasteiger partial charge in [-0.3, -0.25) is 14.3 Å². The third-order valence-corrected chi connectivity index (χ3v) is 2.85. The number of rotatable bonds is 4. The summed E-state index contributed by atoms with van der Waals surface area (Å²) in [5.41, 5.74) is 1.50. The molecule has 18 heavy (non-hydrogen) atoms. The number of nitrogens with one attached hydrogen (secondary N) is 1. The first kappa shape index (κ1) is 12.7. The Labute approximate surface area is 110 Å². The average molecular weight is 262 g/mol. The fourth-order valence-electron chi connectivity index (χ4n) is 1.68. The van der Waals surface area contributed by atoms with Crippen LogP contribution in [0.4, 0.5) is 0 Å². The second-order valence-electron chi connectivity index (χ2n) is 3.74. The van der Waals surface area contributed by atoms with Gasteiger partial charge in [0.1, 0.15) is 6.73 Å². The third kappa shape index (κ3) is 2.75. The summed E-state index contributed by atoms with van der Waals surface area (Å²) in [5, 5.41) is 0. The molecule has 0 radical (unpaired) electrons. The summed E-state index contributed by atoms with van der Waals surface area (Å²) in [6.07, 6.45) is 0. The molecule has 0 fully saturated rings. The lowest BCUT2D eigenvalue weighted by molar-refractivity contribution is 0.0868. The molecule has 94 valence electrons. The fourth-order valence-corrected chi connectivity index (χ4v) is 1.93. The summed E-state index contributed by atoms with van der Waals surface area (Å²) in [7, 11) is 0. The number of nitrogens with zero attached hydrogens (tertiary/aromatic N) is 1. The molecule has 0 bridgehead atoms. The monoisotopic (exact) mass is 262 g/mol. The van der Waals surface area contributed by atoms with E-state index >= 15 is 0 Å². The van der Waals surface area contributed by atoms with Crippen molar-refractivity contribution < 1.29 is 4.74 Å². The highest BCUT2D eigenvalue weighted by Crippen LogP contribution is 2.17. The molecular weight excluding hydrogens is 248 g/mol. The van der Waals surface area contributed by atoms with Crippen LogP contribution in [0.5, 0.6) is 0 Å². The molecule has 1 heterocycles. The molecule has 2 rings (SSSR count). The van der Waals surface area contributed by atoms with Crippen molar-refractivity contribution in [3.63, 3.8) is 0 Å². The molecule has 0 saturated heterocycles. The summed E-state index contributed by atoms with van der Waals surface area (Å²) in [5.74, 6) is 0. The minimum Gasteiger partial charge on any atom is -0.361 e. The van der Waals surface area contributed by atoms with E-state index in [0.29, 0.717) is 18.1 Å². The molecule has 4 nitrogen and oxygen atoms in total. The lowest BCUT2D eigenvalue weighted by Crippen LogP contribution is -2.16. The summed E-state index contributed by atoms with van der Waals surface area (Å²) in [6, 6.07) is 11.2. The van der Waals surface area contributed by atoms with Gasteiger partial charge >= 0.3 is 0 Å². The predicted molar refractivity (Wildman–Crippen MR) is 72.9 cm³/mol. The van der Waals surface area contributed by atoms with Crippen molar-refractivity contribution >= 4 is 12.2 Å². The second-order valence-corrected chi connectivity index (χ2v) is 4.13. The van der Waals surface area contributed by atoms with Crippen LogP contribution in [0.1, 0.15) is 6.92 Å². The number of hydrogen-bond donors (Lipinski definition) is 1. The maximum absolute atomic E-state index is 11.5. The smallest absolute Gasteiger partial charge is 0.252 e. The molecule has 0 aliphatic carbocycles. The van der Waals surface area contributed by atoms with Gasteiger partial charge in [-0.25, -0.2) is 0 Å². The van der Waals surface area contributed by atoms with Crippen LogP contribution in [0.3, 0.4) is 0 Å². The highest BCUT2D eigenvalue weighted by molar-refractivity contribution is 7.71. The summed E-state index contributed by atoms with van der Waals surface area (Å²) < 4.78 is 7.52. The van der Waals surface area contributed by atoms with Crippen LogP contribution in [0.15, 0.2) is 41.2 Å². The van der Waals surface area contributed by atoms with Gasteiger partial charge in [0, 0.05) is 12.7 Å². The van der Waals surface area contributed by atoms with Crippen LogP contribution < -0.4 is 5.56 Å². The Morgan fingerprint density at radius 2 is 2.06 bits per heavy atom. The number of ether oxygens (including phenoxy) is 1. The van der Waals surface area contributed by atoms with E-state index in [9.17, 15) is 4.79 Å². The SMILES string of the molecule is CCOCn1c(-c2ccccc2)cc(=O)[nH]c1=S. The van der Waals surface area contributed by atoms with Crippen LogP contribution in [0, 0.1) is 4.77 Å². The molecule has 0 amide bonds. The van der Waals surface area contributed by atoms with E-state index in [2.05, 4.69) is 4.98 Å². The van der Waals surface area contributed by atoms with Gasteiger partial charge in [-0.05, 0) is 24.7 Å². The average Bonchev–Trinajstić information content (AvgIpc) is 2.38. The molecular formula is C13H14N2O2S. The first-order valence-corrected chi connectivity index (χ1v) is 6.10. The van der Waals surface area contributed by atoms with E-state index in [1.165, 1.54) is 6.07 Å². The molecule has 2 aromatic rings. The molecule has 5 heteroatoms. The van der Waals surface area contributed by atoms with Crippen molar-refractivity contribution in [1.82, 2.24) is 9.55 Å². The Morgan fingerprint density at radius 1 is 1.33 bits per heavy atom. The van der Waals surface area contributed by atoms with Crippen molar-refractivity contribution in [1.29, 1.82) is 0 Å². The van der Waals surface area contributed by atoms with E-state index < -0.39 is 0 Å². The van der Waals surface area contributed by atoms with Crippen LogP contribution in [0.25, 0.3) is 11.3 Å². The highest BCUT2D eigenvalue weighted by atomic mass is 32.1. The van der Waals surface area contributed by atoms with E-state index in [-0.39, 0.29) is 5.56 Å². The fraction of sp³-hybridized carbons (Fsp3) is 0.231. The first-order valence-electron chi connectivity index (χ1n) is 5.69. The van der Waals surface area contributed by atoms with Gasteiger partial charge in [0.05, 0.1) is 5.69 Å². The lowest BCUT2D eigenvalue weighted by Gasteiger charge is -2.13. The second kappa shape index (κ2) is 5.75. The van der Waals surface area contributed by atoms with Gasteiger partial charge < -0.3 is 4.74 Å². The molecule has 0 spiro atoms.